The third kappa shape index (κ3) is 2.26. The molecule has 0 amide bonds. The molecule has 3 heteroatoms. The van der Waals surface area contributed by atoms with Gasteiger partial charge in [0, 0.05) is 18.1 Å². The number of likely N-dealkylation sites (tertiary alicyclic amines) is 1. The number of nitrogens with two attached hydrogens (primary N) is 1. The maximum atomic E-state index is 6.56. The maximum Gasteiger partial charge on any atom is 0.119 e. The summed E-state index contributed by atoms with van der Waals surface area (Å²) in [7, 11) is 1.72. The zero-order chi connectivity index (χ0) is 13.4. The van der Waals surface area contributed by atoms with E-state index in [4.69, 9.17) is 10.5 Å². The summed E-state index contributed by atoms with van der Waals surface area (Å²) in [5.74, 6) is 0.921. The fraction of sp³-hybridized carbons (Fsp3) is 0.625. The van der Waals surface area contributed by atoms with Gasteiger partial charge in [0.05, 0.1) is 7.11 Å². The Bertz CT molecular complexity index is 460. The molecule has 2 aliphatic rings. The Morgan fingerprint density at radius 1 is 1.32 bits per heavy atom. The highest BCUT2D eigenvalue weighted by molar-refractivity contribution is 5.40. The van der Waals surface area contributed by atoms with E-state index >= 15 is 0 Å². The van der Waals surface area contributed by atoms with E-state index in [0.717, 1.165) is 12.2 Å². The standard InChI is InChI=1S/C16H24N2O/c1-11-4-3-9-18(11)15-8-6-12-5-7-13(19-2)10-14(12)16(15)17/h5,7,10-11,15-16H,3-4,6,8-9,17H2,1-2H3. The van der Waals surface area contributed by atoms with Crippen LogP contribution in [0.3, 0.4) is 0 Å². The molecule has 0 spiro atoms. The van der Waals surface area contributed by atoms with Crippen molar-refractivity contribution < 1.29 is 4.74 Å². The molecule has 19 heavy (non-hydrogen) atoms. The van der Waals surface area contributed by atoms with Gasteiger partial charge in [0.1, 0.15) is 5.75 Å². The molecule has 3 rings (SSSR count). The van der Waals surface area contributed by atoms with Crippen LogP contribution in [0, 0.1) is 0 Å². The fourth-order valence-corrected chi connectivity index (χ4v) is 3.75. The summed E-state index contributed by atoms with van der Waals surface area (Å²) in [4.78, 5) is 2.62. The lowest BCUT2D eigenvalue weighted by molar-refractivity contribution is 0.149. The van der Waals surface area contributed by atoms with Gasteiger partial charge < -0.3 is 10.5 Å². The van der Waals surface area contributed by atoms with Crippen LogP contribution in [0.2, 0.25) is 0 Å². The number of hydrogen-bond donors (Lipinski definition) is 1. The molecule has 0 radical (unpaired) electrons. The first kappa shape index (κ1) is 12.9. The summed E-state index contributed by atoms with van der Waals surface area (Å²) >= 11 is 0. The van der Waals surface area contributed by atoms with Gasteiger partial charge in [-0.25, -0.2) is 0 Å². The normalized spacial score (nSPS) is 31.2. The van der Waals surface area contributed by atoms with Crippen LogP contribution in [0.25, 0.3) is 0 Å². The average Bonchev–Trinajstić information content (AvgIpc) is 2.85. The number of hydrogen-bond acceptors (Lipinski definition) is 3. The number of rotatable bonds is 2. The predicted molar refractivity (Wildman–Crippen MR) is 77.4 cm³/mol. The molecule has 0 saturated carbocycles. The Balaban J connectivity index is 1.88. The van der Waals surface area contributed by atoms with Crippen LogP contribution >= 0.6 is 0 Å². The Morgan fingerprint density at radius 2 is 2.16 bits per heavy atom. The SMILES string of the molecule is COc1ccc2c(c1)C(N)C(N1CCCC1C)CC2. The molecule has 1 heterocycles. The first-order valence-electron chi connectivity index (χ1n) is 7.39. The Hall–Kier alpha value is -1.06. The van der Waals surface area contributed by atoms with Crippen molar-refractivity contribution in [1.29, 1.82) is 0 Å². The smallest absolute Gasteiger partial charge is 0.119 e. The van der Waals surface area contributed by atoms with Gasteiger partial charge in [0.25, 0.3) is 0 Å². The molecule has 1 aromatic rings. The van der Waals surface area contributed by atoms with Crippen molar-refractivity contribution in [3.63, 3.8) is 0 Å². The van der Waals surface area contributed by atoms with E-state index < -0.39 is 0 Å². The third-order valence-corrected chi connectivity index (χ3v) is 4.87. The summed E-state index contributed by atoms with van der Waals surface area (Å²) in [6.45, 7) is 3.54. The van der Waals surface area contributed by atoms with Crippen molar-refractivity contribution in [2.24, 2.45) is 5.73 Å². The van der Waals surface area contributed by atoms with Crippen LogP contribution in [0.1, 0.15) is 43.4 Å². The molecule has 0 aromatic heterocycles. The minimum Gasteiger partial charge on any atom is -0.497 e. The van der Waals surface area contributed by atoms with Gasteiger partial charge in [-0.05, 0) is 62.4 Å². The van der Waals surface area contributed by atoms with E-state index in [1.54, 1.807) is 7.11 Å². The van der Waals surface area contributed by atoms with Crippen molar-refractivity contribution in [3.8, 4) is 5.75 Å². The van der Waals surface area contributed by atoms with Gasteiger partial charge in [0.15, 0.2) is 0 Å². The predicted octanol–water partition coefficient (Wildman–Crippen LogP) is 2.49. The first-order chi connectivity index (χ1) is 9.20. The molecule has 3 atom stereocenters. The molecule has 1 aliphatic carbocycles. The topological polar surface area (TPSA) is 38.5 Å². The van der Waals surface area contributed by atoms with Crippen LogP contribution in [-0.2, 0) is 6.42 Å². The molecule has 3 unspecified atom stereocenters. The van der Waals surface area contributed by atoms with Crippen LogP contribution < -0.4 is 10.5 Å². The second-order valence-corrected chi connectivity index (χ2v) is 5.93. The monoisotopic (exact) mass is 260 g/mol. The van der Waals surface area contributed by atoms with Gasteiger partial charge in [-0.1, -0.05) is 6.07 Å². The number of fused-ring (bicyclic) bond motifs is 1. The third-order valence-electron chi connectivity index (χ3n) is 4.87. The number of methoxy groups -OCH3 is 1. The summed E-state index contributed by atoms with van der Waals surface area (Å²) in [6, 6.07) is 7.66. The number of aryl methyl sites for hydroxylation is 1. The van der Waals surface area contributed by atoms with Crippen LogP contribution in [-0.4, -0.2) is 30.6 Å². The Kier molecular flexibility index (Phi) is 3.50. The summed E-state index contributed by atoms with van der Waals surface area (Å²) in [6.07, 6.45) is 4.95. The van der Waals surface area contributed by atoms with E-state index in [1.807, 2.05) is 6.07 Å². The van der Waals surface area contributed by atoms with Gasteiger partial charge in [-0.15, -0.1) is 0 Å². The lowest BCUT2D eigenvalue weighted by atomic mass is 9.83. The van der Waals surface area contributed by atoms with E-state index in [1.165, 1.54) is 36.9 Å². The highest BCUT2D eigenvalue weighted by Crippen LogP contribution is 2.36. The minimum atomic E-state index is 0.124. The van der Waals surface area contributed by atoms with Crippen molar-refractivity contribution in [2.75, 3.05) is 13.7 Å². The zero-order valence-corrected chi connectivity index (χ0v) is 11.9. The largest absolute Gasteiger partial charge is 0.497 e. The number of benzene rings is 1. The summed E-state index contributed by atoms with van der Waals surface area (Å²) < 4.78 is 5.34. The summed E-state index contributed by atoms with van der Waals surface area (Å²) in [5.41, 5.74) is 9.25. The van der Waals surface area contributed by atoms with Crippen LogP contribution in [0.5, 0.6) is 5.75 Å². The Labute approximate surface area is 115 Å². The van der Waals surface area contributed by atoms with Crippen molar-refractivity contribution in [1.82, 2.24) is 4.90 Å². The molecular weight excluding hydrogens is 236 g/mol. The van der Waals surface area contributed by atoms with E-state index in [0.29, 0.717) is 12.1 Å². The van der Waals surface area contributed by atoms with Crippen molar-refractivity contribution in [3.05, 3.63) is 29.3 Å². The van der Waals surface area contributed by atoms with E-state index in [2.05, 4.69) is 24.0 Å². The van der Waals surface area contributed by atoms with Crippen molar-refractivity contribution in [2.45, 2.75) is 50.7 Å². The lowest BCUT2D eigenvalue weighted by Gasteiger charge is -2.39. The van der Waals surface area contributed by atoms with Gasteiger partial charge in [-0.3, -0.25) is 4.90 Å². The molecule has 0 bridgehead atoms. The lowest BCUT2D eigenvalue weighted by Crippen LogP contribution is -2.46. The Morgan fingerprint density at radius 3 is 2.84 bits per heavy atom. The first-order valence-corrected chi connectivity index (χ1v) is 7.39. The van der Waals surface area contributed by atoms with E-state index in [9.17, 15) is 0 Å². The molecule has 1 aliphatic heterocycles. The molecule has 104 valence electrons. The maximum absolute atomic E-state index is 6.56. The fourth-order valence-electron chi connectivity index (χ4n) is 3.75. The van der Waals surface area contributed by atoms with Gasteiger partial charge in [0.2, 0.25) is 0 Å². The van der Waals surface area contributed by atoms with Gasteiger partial charge >= 0.3 is 0 Å². The minimum absolute atomic E-state index is 0.124. The summed E-state index contributed by atoms with van der Waals surface area (Å²) in [5, 5.41) is 0. The average molecular weight is 260 g/mol. The second kappa shape index (κ2) is 5.14. The van der Waals surface area contributed by atoms with Crippen LogP contribution in [0.4, 0.5) is 0 Å². The molecule has 1 aromatic carbocycles. The number of nitrogens with zero attached hydrogens (tertiary/aromatic N) is 1. The molecule has 3 nitrogen and oxygen atoms in total. The quantitative estimate of drug-likeness (QED) is 0.888. The van der Waals surface area contributed by atoms with Crippen LogP contribution in [0.15, 0.2) is 18.2 Å². The van der Waals surface area contributed by atoms with Crippen molar-refractivity contribution >= 4 is 0 Å². The molecule has 2 N–H and O–H groups in total. The molecule has 1 fully saturated rings. The highest BCUT2D eigenvalue weighted by Gasteiger charge is 2.35. The van der Waals surface area contributed by atoms with E-state index in [-0.39, 0.29) is 6.04 Å². The zero-order valence-electron chi connectivity index (χ0n) is 11.9. The molecule has 1 saturated heterocycles. The number of ether oxygens (including phenoxy) is 1. The second-order valence-electron chi connectivity index (χ2n) is 5.93. The van der Waals surface area contributed by atoms with Gasteiger partial charge in [-0.2, -0.15) is 0 Å². The molecular formula is C16H24N2O. The highest BCUT2D eigenvalue weighted by atomic mass is 16.5.